The van der Waals surface area contributed by atoms with E-state index in [9.17, 15) is 4.79 Å². The third-order valence-electron chi connectivity index (χ3n) is 3.01. The number of rotatable bonds is 3. The molecule has 0 radical (unpaired) electrons. The van der Waals surface area contributed by atoms with E-state index in [1.54, 1.807) is 0 Å². The summed E-state index contributed by atoms with van der Waals surface area (Å²) in [7, 11) is 0. The minimum absolute atomic E-state index is 0.0702. The number of nitrogens with one attached hydrogen (secondary N) is 1. The van der Waals surface area contributed by atoms with Crippen molar-refractivity contribution >= 4 is 5.97 Å². The molecule has 0 saturated carbocycles. The zero-order chi connectivity index (χ0) is 9.90. The minimum atomic E-state index is -0.685. The fourth-order valence-corrected chi connectivity index (χ4v) is 2.05. The molecule has 1 aliphatic rings. The van der Waals surface area contributed by atoms with Crippen molar-refractivity contribution in [2.75, 3.05) is 13.1 Å². The fourth-order valence-electron chi connectivity index (χ4n) is 2.05. The average molecular weight is 185 g/mol. The fraction of sp³-hybridized carbons (Fsp3) is 0.900. The second-order valence-electron chi connectivity index (χ2n) is 4.60. The predicted molar refractivity (Wildman–Crippen MR) is 51.6 cm³/mol. The Morgan fingerprint density at radius 3 is 2.77 bits per heavy atom. The highest BCUT2D eigenvalue weighted by atomic mass is 16.4. The molecule has 0 amide bonds. The van der Waals surface area contributed by atoms with E-state index in [4.69, 9.17) is 5.11 Å². The molecule has 0 spiro atoms. The summed E-state index contributed by atoms with van der Waals surface area (Å²) in [5.41, 5.74) is -0.0702. The van der Waals surface area contributed by atoms with Gasteiger partial charge in [0.25, 0.3) is 0 Å². The van der Waals surface area contributed by atoms with E-state index in [1.807, 2.05) is 0 Å². The van der Waals surface area contributed by atoms with Gasteiger partial charge in [-0.15, -0.1) is 0 Å². The number of hydrogen-bond donors (Lipinski definition) is 2. The summed E-state index contributed by atoms with van der Waals surface area (Å²) < 4.78 is 0. The number of carboxylic acid groups (broad SMARTS) is 1. The average Bonchev–Trinajstić information content (AvgIpc) is 2.04. The molecule has 13 heavy (non-hydrogen) atoms. The van der Waals surface area contributed by atoms with E-state index in [2.05, 4.69) is 19.2 Å². The summed E-state index contributed by atoms with van der Waals surface area (Å²) in [5.74, 6) is -0.173. The zero-order valence-electron chi connectivity index (χ0n) is 8.47. The Morgan fingerprint density at radius 2 is 2.31 bits per heavy atom. The lowest BCUT2D eigenvalue weighted by Crippen LogP contribution is -2.39. The zero-order valence-corrected chi connectivity index (χ0v) is 8.47. The summed E-state index contributed by atoms with van der Waals surface area (Å²) in [4.78, 5) is 10.6. The highest BCUT2D eigenvalue weighted by molar-refractivity contribution is 5.67. The smallest absolute Gasteiger partial charge is 0.303 e. The third-order valence-corrected chi connectivity index (χ3v) is 3.01. The number of aliphatic carboxylic acids is 1. The van der Waals surface area contributed by atoms with E-state index < -0.39 is 5.97 Å². The maximum absolute atomic E-state index is 10.6. The quantitative estimate of drug-likeness (QED) is 0.700. The highest BCUT2D eigenvalue weighted by Gasteiger charge is 2.32. The summed E-state index contributed by atoms with van der Waals surface area (Å²) in [6.45, 7) is 6.16. The van der Waals surface area contributed by atoms with Gasteiger partial charge in [0.15, 0.2) is 0 Å². The van der Waals surface area contributed by atoms with Gasteiger partial charge in [-0.3, -0.25) is 4.79 Å². The largest absolute Gasteiger partial charge is 0.481 e. The Bertz CT molecular complexity index is 183. The monoisotopic (exact) mass is 185 g/mol. The van der Waals surface area contributed by atoms with Crippen molar-refractivity contribution in [1.29, 1.82) is 0 Å². The Kier molecular flexibility index (Phi) is 3.31. The van der Waals surface area contributed by atoms with Gasteiger partial charge in [0, 0.05) is 0 Å². The van der Waals surface area contributed by atoms with Crippen molar-refractivity contribution < 1.29 is 9.90 Å². The Labute approximate surface area is 79.5 Å². The number of piperidine rings is 1. The van der Waals surface area contributed by atoms with Crippen LogP contribution in [0.15, 0.2) is 0 Å². The normalized spacial score (nSPS) is 24.3. The van der Waals surface area contributed by atoms with Gasteiger partial charge >= 0.3 is 5.97 Å². The van der Waals surface area contributed by atoms with Gasteiger partial charge in [-0.05, 0) is 37.3 Å². The standard InChI is InChI=1S/C10H19NO2/c1-10(2,6-9(12)13)8-4-3-5-11-7-8/h8,11H,3-7H2,1-2H3,(H,12,13). The van der Waals surface area contributed by atoms with E-state index in [-0.39, 0.29) is 11.8 Å². The molecule has 1 saturated heterocycles. The second kappa shape index (κ2) is 4.09. The van der Waals surface area contributed by atoms with E-state index in [0.29, 0.717) is 5.92 Å². The van der Waals surface area contributed by atoms with Gasteiger partial charge < -0.3 is 10.4 Å². The lowest BCUT2D eigenvalue weighted by Gasteiger charge is -2.36. The van der Waals surface area contributed by atoms with E-state index in [0.717, 1.165) is 19.5 Å². The van der Waals surface area contributed by atoms with Crippen molar-refractivity contribution in [2.45, 2.75) is 33.1 Å². The number of hydrogen-bond acceptors (Lipinski definition) is 2. The van der Waals surface area contributed by atoms with Crippen LogP contribution in [0.3, 0.4) is 0 Å². The van der Waals surface area contributed by atoms with Gasteiger partial charge in [0.1, 0.15) is 0 Å². The van der Waals surface area contributed by atoms with Gasteiger partial charge in [-0.1, -0.05) is 13.8 Å². The lowest BCUT2D eigenvalue weighted by molar-refractivity contribution is -0.140. The SMILES string of the molecule is CC(C)(CC(=O)O)C1CCCNC1. The van der Waals surface area contributed by atoms with Crippen molar-refractivity contribution in [3.8, 4) is 0 Å². The molecule has 3 nitrogen and oxygen atoms in total. The van der Waals surface area contributed by atoms with Crippen LogP contribution >= 0.6 is 0 Å². The molecule has 1 fully saturated rings. The second-order valence-corrected chi connectivity index (χ2v) is 4.60. The van der Waals surface area contributed by atoms with Crippen LogP contribution in [-0.4, -0.2) is 24.2 Å². The Morgan fingerprint density at radius 1 is 1.62 bits per heavy atom. The third kappa shape index (κ3) is 2.99. The van der Waals surface area contributed by atoms with Gasteiger partial charge in [-0.2, -0.15) is 0 Å². The first kappa shape index (κ1) is 10.5. The number of carbonyl (C=O) groups is 1. The molecule has 76 valence electrons. The molecule has 0 aromatic carbocycles. The molecular weight excluding hydrogens is 166 g/mol. The molecular formula is C10H19NO2. The van der Waals surface area contributed by atoms with Gasteiger partial charge in [0.05, 0.1) is 6.42 Å². The maximum Gasteiger partial charge on any atom is 0.303 e. The van der Waals surface area contributed by atoms with Crippen LogP contribution in [0, 0.1) is 11.3 Å². The summed E-state index contributed by atoms with van der Waals surface area (Å²) >= 11 is 0. The number of carboxylic acids is 1. The molecule has 3 heteroatoms. The molecule has 2 N–H and O–H groups in total. The van der Waals surface area contributed by atoms with Crippen molar-refractivity contribution in [3.05, 3.63) is 0 Å². The first-order valence-corrected chi connectivity index (χ1v) is 4.95. The minimum Gasteiger partial charge on any atom is -0.481 e. The van der Waals surface area contributed by atoms with Crippen LogP contribution in [0.2, 0.25) is 0 Å². The first-order chi connectivity index (χ1) is 6.02. The summed E-state index contributed by atoms with van der Waals surface area (Å²) in [5, 5.41) is 12.1. The first-order valence-electron chi connectivity index (χ1n) is 4.95. The van der Waals surface area contributed by atoms with Crippen molar-refractivity contribution in [3.63, 3.8) is 0 Å². The van der Waals surface area contributed by atoms with Crippen LogP contribution in [0.4, 0.5) is 0 Å². The molecule has 0 bridgehead atoms. The molecule has 1 rings (SSSR count). The van der Waals surface area contributed by atoms with Gasteiger partial charge in [-0.25, -0.2) is 0 Å². The molecule has 0 aliphatic carbocycles. The molecule has 0 aromatic rings. The molecule has 0 aromatic heterocycles. The summed E-state index contributed by atoms with van der Waals surface area (Å²) in [6, 6.07) is 0. The van der Waals surface area contributed by atoms with Crippen LogP contribution < -0.4 is 5.32 Å². The lowest BCUT2D eigenvalue weighted by atomic mass is 9.73. The predicted octanol–water partition coefficient (Wildman–Crippen LogP) is 1.49. The maximum atomic E-state index is 10.6. The molecule has 1 unspecified atom stereocenters. The Hall–Kier alpha value is -0.570. The Balaban J connectivity index is 2.50. The van der Waals surface area contributed by atoms with Crippen LogP contribution in [-0.2, 0) is 4.79 Å². The molecule has 1 heterocycles. The topological polar surface area (TPSA) is 49.3 Å². The van der Waals surface area contributed by atoms with E-state index >= 15 is 0 Å². The van der Waals surface area contributed by atoms with Crippen molar-refractivity contribution in [1.82, 2.24) is 5.32 Å². The van der Waals surface area contributed by atoms with Crippen molar-refractivity contribution in [2.24, 2.45) is 11.3 Å². The van der Waals surface area contributed by atoms with E-state index in [1.165, 1.54) is 6.42 Å². The summed E-state index contributed by atoms with van der Waals surface area (Å²) in [6.07, 6.45) is 2.61. The molecule has 1 aliphatic heterocycles. The highest BCUT2D eigenvalue weighted by Crippen LogP contribution is 2.34. The van der Waals surface area contributed by atoms with Gasteiger partial charge in [0.2, 0.25) is 0 Å². The molecule has 1 atom stereocenters. The van der Waals surface area contributed by atoms with Crippen LogP contribution in [0.1, 0.15) is 33.1 Å². The van der Waals surface area contributed by atoms with Crippen LogP contribution in [0.25, 0.3) is 0 Å². The van der Waals surface area contributed by atoms with Crippen LogP contribution in [0.5, 0.6) is 0 Å².